The molecule has 0 aromatic carbocycles. The van der Waals surface area contributed by atoms with E-state index in [0.29, 0.717) is 23.7 Å². The Morgan fingerprint density at radius 2 is 2.17 bits per heavy atom. The first-order chi connectivity index (χ1) is 8.58. The highest BCUT2D eigenvalue weighted by Crippen LogP contribution is 2.30. The van der Waals surface area contributed by atoms with Crippen molar-refractivity contribution < 1.29 is 0 Å². The fourth-order valence-corrected chi connectivity index (χ4v) is 2.36. The molecule has 1 N–H and O–H groups in total. The van der Waals surface area contributed by atoms with Gasteiger partial charge in [0.2, 0.25) is 0 Å². The predicted octanol–water partition coefficient (Wildman–Crippen LogP) is 2.50. The Bertz CT molecular complexity index is 449. The van der Waals surface area contributed by atoms with Gasteiger partial charge in [-0.25, -0.2) is 4.98 Å². The summed E-state index contributed by atoms with van der Waals surface area (Å²) in [7, 11) is 0. The highest BCUT2D eigenvalue weighted by Gasteiger charge is 2.24. The minimum absolute atomic E-state index is 0.00243. The maximum absolute atomic E-state index is 12.2. The van der Waals surface area contributed by atoms with Gasteiger partial charge in [-0.15, -0.1) is 0 Å². The molecule has 1 saturated carbocycles. The lowest BCUT2D eigenvalue weighted by Crippen LogP contribution is -2.35. The third-order valence-electron chi connectivity index (χ3n) is 3.70. The van der Waals surface area contributed by atoms with E-state index in [2.05, 4.69) is 31.1 Å². The molecule has 18 heavy (non-hydrogen) atoms. The molecule has 2 rings (SSSR count). The summed E-state index contributed by atoms with van der Waals surface area (Å²) in [5.74, 6) is 1.66. The molecule has 1 fully saturated rings. The van der Waals surface area contributed by atoms with Crippen LogP contribution in [0.1, 0.15) is 40.0 Å². The van der Waals surface area contributed by atoms with Gasteiger partial charge in [0, 0.05) is 25.0 Å². The monoisotopic (exact) mass is 249 g/mol. The molecule has 100 valence electrons. The largest absolute Gasteiger partial charge is 0.363 e. The molecular formula is C14H23N3O. The van der Waals surface area contributed by atoms with Crippen LogP contribution in [0.2, 0.25) is 0 Å². The Hall–Kier alpha value is -1.32. The van der Waals surface area contributed by atoms with Gasteiger partial charge < -0.3 is 9.88 Å². The third-order valence-corrected chi connectivity index (χ3v) is 3.70. The van der Waals surface area contributed by atoms with E-state index in [-0.39, 0.29) is 5.56 Å². The van der Waals surface area contributed by atoms with E-state index in [1.54, 1.807) is 17.0 Å². The summed E-state index contributed by atoms with van der Waals surface area (Å²) in [6.45, 7) is 7.10. The third kappa shape index (κ3) is 2.92. The van der Waals surface area contributed by atoms with Crippen LogP contribution in [0.3, 0.4) is 0 Å². The summed E-state index contributed by atoms with van der Waals surface area (Å²) in [6.07, 6.45) is 7.32. The lowest BCUT2D eigenvalue weighted by Gasteiger charge is -2.32. The number of nitrogens with zero attached hydrogens (tertiary/aromatic N) is 2. The number of hydrogen-bond donors (Lipinski definition) is 1. The summed E-state index contributed by atoms with van der Waals surface area (Å²) < 4.78 is 1.74. The zero-order valence-electron chi connectivity index (χ0n) is 11.5. The van der Waals surface area contributed by atoms with E-state index in [1.165, 1.54) is 19.3 Å². The Morgan fingerprint density at radius 1 is 1.44 bits per heavy atom. The van der Waals surface area contributed by atoms with Crippen LogP contribution in [0.5, 0.6) is 0 Å². The molecule has 0 bridgehead atoms. The molecule has 4 nitrogen and oxygen atoms in total. The van der Waals surface area contributed by atoms with Crippen molar-refractivity contribution in [2.24, 2.45) is 11.8 Å². The van der Waals surface area contributed by atoms with Crippen LogP contribution in [0.15, 0.2) is 17.2 Å². The molecule has 0 saturated heterocycles. The van der Waals surface area contributed by atoms with Crippen molar-refractivity contribution in [2.45, 2.75) is 52.6 Å². The number of nitrogens with one attached hydrogen (secondary N) is 1. The molecule has 0 spiro atoms. The summed E-state index contributed by atoms with van der Waals surface area (Å²) in [4.78, 5) is 16.4. The minimum atomic E-state index is -0.00243. The van der Waals surface area contributed by atoms with Crippen LogP contribution in [0.4, 0.5) is 5.82 Å². The van der Waals surface area contributed by atoms with E-state index < -0.39 is 0 Å². The highest BCUT2D eigenvalue weighted by molar-refractivity contribution is 5.32. The van der Waals surface area contributed by atoms with E-state index in [1.807, 2.05) is 0 Å². The van der Waals surface area contributed by atoms with Crippen molar-refractivity contribution in [3.05, 3.63) is 22.7 Å². The van der Waals surface area contributed by atoms with Crippen LogP contribution >= 0.6 is 0 Å². The average molecular weight is 249 g/mol. The van der Waals surface area contributed by atoms with Crippen molar-refractivity contribution in [1.82, 2.24) is 9.55 Å². The van der Waals surface area contributed by atoms with Crippen LogP contribution in [-0.2, 0) is 6.54 Å². The van der Waals surface area contributed by atoms with Crippen LogP contribution < -0.4 is 10.9 Å². The minimum Gasteiger partial charge on any atom is -0.363 e. The van der Waals surface area contributed by atoms with Crippen molar-refractivity contribution in [3.63, 3.8) is 0 Å². The van der Waals surface area contributed by atoms with E-state index in [4.69, 9.17) is 0 Å². The molecule has 0 radical (unpaired) electrons. The molecule has 0 amide bonds. The summed E-state index contributed by atoms with van der Waals surface area (Å²) >= 11 is 0. The van der Waals surface area contributed by atoms with Gasteiger partial charge in [0.25, 0.3) is 5.56 Å². The van der Waals surface area contributed by atoms with Crippen molar-refractivity contribution in [1.29, 1.82) is 0 Å². The molecule has 1 aromatic heterocycles. The van der Waals surface area contributed by atoms with E-state index in [9.17, 15) is 4.79 Å². The number of anilines is 1. The highest BCUT2D eigenvalue weighted by atomic mass is 16.1. The lowest BCUT2D eigenvalue weighted by atomic mass is 9.80. The summed E-state index contributed by atoms with van der Waals surface area (Å²) in [6, 6.07) is 0.342. The molecule has 1 heterocycles. The molecule has 1 aromatic rings. The Kier molecular flexibility index (Phi) is 4.04. The van der Waals surface area contributed by atoms with Gasteiger partial charge in [-0.05, 0) is 31.6 Å². The van der Waals surface area contributed by atoms with E-state index >= 15 is 0 Å². The van der Waals surface area contributed by atoms with Crippen LogP contribution in [0, 0.1) is 11.8 Å². The molecule has 0 aliphatic heterocycles. The smallest absolute Gasteiger partial charge is 0.293 e. The maximum Gasteiger partial charge on any atom is 0.293 e. The van der Waals surface area contributed by atoms with Gasteiger partial charge in [-0.1, -0.05) is 20.3 Å². The molecule has 1 unspecified atom stereocenters. The fraction of sp³-hybridized carbons (Fsp3) is 0.714. The number of hydrogen-bond acceptors (Lipinski definition) is 3. The molecule has 1 atom stereocenters. The van der Waals surface area contributed by atoms with E-state index in [0.717, 1.165) is 6.54 Å². The zero-order valence-corrected chi connectivity index (χ0v) is 11.5. The Morgan fingerprint density at radius 3 is 2.72 bits per heavy atom. The Balaban J connectivity index is 2.10. The normalized spacial score (nSPS) is 17.6. The molecular weight excluding hydrogens is 226 g/mol. The second-order valence-corrected chi connectivity index (χ2v) is 5.75. The standard InChI is InChI=1S/C14H23N3O/c1-10(2)9-17-8-7-15-13(14(17)18)16-11(3)12-5-4-6-12/h7-8,10-12H,4-6,9H2,1-3H3,(H,15,16). The lowest BCUT2D eigenvalue weighted by molar-refractivity contribution is 0.284. The maximum atomic E-state index is 12.2. The van der Waals surface area contributed by atoms with Crippen LogP contribution in [-0.4, -0.2) is 15.6 Å². The van der Waals surface area contributed by atoms with Gasteiger partial charge in [-0.3, -0.25) is 4.79 Å². The predicted molar refractivity (Wildman–Crippen MR) is 73.8 cm³/mol. The average Bonchev–Trinajstić information content (AvgIpc) is 2.20. The number of rotatable bonds is 5. The second-order valence-electron chi connectivity index (χ2n) is 5.75. The molecule has 1 aliphatic carbocycles. The molecule has 4 heteroatoms. The topological polar surface area (TPSA) is 46.9 Å². The first kappa shape index (κ1) is 13.1. The first-order valence-corrected chi connectivity index (χ1v) is 6.90. The summed E-state index contributed by atoms with van der Waals surface area (Å²) in [5, 5.41) is 3.28. The first-order valence-electron chi connectivity index (χ1n) is 6.90. The fourth-order valence-electron chi connectivity index (χ4n) is 2.36. The van der Waals surface area contributed by atoms with Gasteiger partial charge in [-0.2, -0.15) is 0 Å². The molecule has 1 aliphatic rings. The Labute approximate surface area is 108 Å². The van der Waals surface area contributed by atoms with Gasteiger partial charge in [0.1, 0.15) is 0 Å². The van der Waals surface area contributed by atoms with Gasteiger partial charge in [0.15, 0.2) is 5.82 Å². The van der Waals surface area contributed by atoms with Gasteiger partial charge in [0.05, 0.1) is 0 Å². The van der Waals surface area contributed by atoms with Crippen molar-refractivity contribution in [2.75, 3.05) is 5.32 Å². The van der Waals surface area contributed by atoms with Crippen molar-refractivity contribution in [3.8, 4) is 0 Å². The van der Waals surface area contributed by atoms with Crippen LogP contribution in [0.25, 0.3) is 0 Å². The van der Waals surface area contributed by atoms with Gasteiger partial charge >= 0.3 is 0 Å². The number of aromatic nitrogens is 2. The SMILES string of the molecule is CC(C)Cn1ccnc(NC(C)C2CCC2)c1=O. The van der Waals surface area contributed by atoms with Crippen molar-refractivity contribution >= 4 is 5.82 Å². The summed E-state index contributed by atoms with van der Waals surface area (Å²) in [5.41, 5.74) is -0.00243. The second kappa shape index (κ2) is 5.55. The quantitative estimate of drug-likeness (QED) is 0.872. The zero-order chi connectivity index (χ0) is 13.1.